The van der Waals surface area contributed by atoms with Gasteiger partial charge in [0.1, 0.15) is 0 Å². The number of alkyl halides is 4. The lowest BCUT2D eigenvalue weighted by atomic mass is 9.68. The molecule has 1 aromatic carbocycles. The van der Waals surface area contributed by atoms with Crippen LogP contribution in [0.5, 0.6) is 0 Å². The first-order valence-electron chi connectivity index (χ1n) is 11.6. The van der Waals surface area contributed by atoms with Crippen LogP contribution in [0.3, 0.4) is 0 Å². The molecule has 1 aromatic rings. The molecule has 0 heterocycles. The Labute approximate surface area is 173 Å². The molecule has 0 N–H and O–H groups in total. The molecule has 2 fully saturated rings. The minimum absolute atomic E-state index is 0.0318. The number of halogens is 4. The second-order valence-electron chi connectivity index (χ2n) is 9.45. The maximum atomic E-state index is 14.3. The molecule has 0 nitrogen and oxygen atoms in total. The Bertz CT molecular complexity index is 621. The number of rotatable bonds is 7. The molecular weight excluding hydrogens is 376 g/mol. The van der Waals surface area contributed by atoms with Crippen molar-refractivity contribution in [3.05, 3.63) is 35.4 Å². The number of hydrogen-bond acceptors (Lipinski definition) is 0. The Hall–Kier alpha value is -1.06. The van der Waals surface area contributed by atoms with E-state index in [1.807, 2.05) is 0 Å². The van der Waals surface area contributed by atoms with Gasteiger partial charge in [-0.3, -0.25) is 0 Å². The van der Waals surface area contributed by atoms with Crippen molar-refractivity contribution in [2.75, 3.05) is 0 Å². The normalized spacial score (nSPS) is 29.0. The highest BCUT2D eigenvalue weighted by Crippen LogP contribution is 2.47. The molecule has 0 spiro atoms. The van der Waals surface area contributed by atoms with E-state index in [9.17, 15) is 17.6 Å². The lowest BCUT2D eigenvalue weighted by Gasteiger charge is -2.38. The zero-order valence-electron chi connectivity index (χ0n) is 17.9. The zero-order chi connectivity index (χ0) is 21.1. The van der Waals surface area contributed by atoms with Crippen molar-refractivity contribution in [3.63, 3.8) is 0 Å². The van der Waals surface area contributed by atoms with Crippen LogP contribution in [0.15, 0.2) is 24.3 Å². The molecule has 164 valence electrons. The summed E-state index contributed by atoms with van der Waals surface area (Å²) in [5.41, 5.74) is 0.456. The third kappa shape index (κ3) is 4.99. The fourth-order valence-electron chi connectivity index (χ4n) is 5.64. The van der Waals surface area contributed by atoms with Crippen molar-refractivity contribution < 1.29 is 17.6 Å². The van der Waals surface area contributed by atoms with Crippen LogP contribution in [0.1, 0.15) is 102 Å². The zero-order valence-corrected chi connectivity index (χ0v) is 17.9. The van der Waals surface area contributed by atoms with E-state index < -0.39 is 23.8 Å². The van der Waals surface area contributed by atoms with Crippen LogP contribution in [0.25, 0.3) is 0 Å². The minimum atomic E-state index is -4.11. The fraction of sp³-hybridized carbons (Fsp3) is 0.760. The van der Waals surface area contributed by atoms with E-state index in [0.717, 1.165) is 36.2 Å². The monoisotopic (exact) mass is 412 g/mol. The summed E-state index contributed by atoms with van der Waals surface area (Å²) >= 11 is 0. The quantitative estimate of drug-likeness (QED) is 0.393. The number of hydrogen-bond donors (Lipinski definition) is 0. The SMILES string of the molecule is CCCC(F)(F)C(F)(F)c1ccc(C2CCC([C@H]3CC[C@H](CC)CC3)CC2)cc1. The van der Waals surface area contributed by atoms with Crippen LogP contribution in [0.2, 0.25) is 0 Å². The maximum absolute atomic E-state index is 14.3. The molecule has 0 aliphatic heterocycles. The highest BCUT2D eigenvalue weighted by atomic mass is 19.3. The van der Waals surface area contributed by atoms with Crippen LogP contribution in [-0.2, 0) is 5.92 Å². The second-order valence-corrected chi connectivity index (χ2v) is 9.45. The van der Waals surface area contributed by atoms with E-state index in [1.165, 1.54) is 64.0 Å². The topological polar surface area (TPSA) is 0 Å². The van der Waals surface area contributed by atoms with Gasteiger partial charge in [0.15, 0.2) is 0 Å². The minimum Gasteiger partial charge on any atom is -0.199 e. The van der Waals surface area contributed by atoms with Crippen LogP contribution in [0, 0.1) is 17.8 Å². The smallest absolute Gasteiger partial charge is 0.199 e. The highest BCUT2D eigenvalue weighted by Gasteiger charge is 2.56. The second kappa shape index (κ2) is 9.39. The standard InChI is InChI=1S/C25H36F4/c1-3-17-24(26,27)25(28,29)23-15-13-22(14-16-23)21-11-9-20(10-12-21)19-7-5-18(4-2)6-8-19/h13-16,18-21H,3-12,17H2,1-2H3/t18-,19-,20?,21?. The molecule has 0 unspecified atom stereocenters. The molecule has 0 aromatic heterocycles. The van der Waals surface area contributed by atoms with Crippen LogP contribution < -0.4 is 0 Å². The van der Waals surface area contributed by atoms with Crippen molar-refractivity contribution in [1.29, 1.82) is 0 Å². The Morgan fingerprint density at radius 3 is 1.76 bits per heavy atom. The Morgan fingerprint density at radius 1 is 0.759 bits per heavy atom. The molecule has 0 amide bonds. The first-order chi connectivity index (χ1) is 13.8. The fourth-order valence-corrected chi connectivity index (χ4v) is 5.64. The van der Waals surface area contributed by atoms with Gasteiger partial charge in [-0.2, -0.15) is 17.6 Å². The van der Waals surface area contributed by atoms with Gasteiger partial charge >= 0.3 is 11.8 Å². The van der Waals surface area contributed by atoms with Gasteiger partial charge in [0.2, 0.25) is 0 Å². The molecule has 0 bridgehead atoms. The van der Waals surface area contributed by atoms with Gasteiger partial charge in [-0.1, -0.05) is 63.8 Å². The third-order valence-corrected chi connectivity index (χ3v) is 7.68. The third-order valence-electron chi connectivity index (χ3n) is 7.68. The summed E-state index contributed by atoms with van der Waals surface area (Å²) in [6.07, 6.45) is 10.6. The highest BCUT2D eigenvalue weighted by molar-refractivity contribution is 5.29. The van der Waals surface area contributed by atoms with Gasteiger partial charge in [-0.05, 0) is 67.8 Å². The van der Waals surface area contributed by atoms with Crippen molar-refractivity contribution in [2.45, 2.75) is 102 Å². The summed E-state index contributed by atoms with van der Waals surface area (Å²) < 4.78 is 56.2. The average Bonchev–Trinajstić information content (AvgIpc) is 2.74. The Balaban J connectivity index is 1.56. The van der Waals surface area contributed by atoms with E-state index in [4.69, 9.17) is 0 Å². The first kappa shape index (κ1) is 22.6. The Morgan fingerprint density at radius 2 is 1.28 bits per heavy atom. The van der Waals surface area contributed by atoms with Crippen LogP contribution >= 0.6 is 0 Å². The Kier molecular flexibility index (Phi) is 7.32. The van der Waals surface area contributed by atoms with Gasteiger partial charge < -0.3 is 0 Å². The molecule has 3 rings (SSSR count). The summed E-state index contributed by atoms with van der Waals surface area (Å²) in [5, 5.41) is 0. The van der Waals surface area contributed by atoms with Crippen molar-refractivity contribution in [3.8, 4) is 0 Å². The molecule has 0 radical (unpaired) electrons. The number of benzene rings is 1. The molecule has 2 saturated carbocycles. The predicted octanol–water partition coefficient (Wildman–Crippen LogP) is 8.70. The summed E-state index contributed by atoms with van der Waals surface area (Å²) in [6.45, 7) is 3.79. The molecule has 0 saturated heterocycles. The van der Waals surface area contributed by atoms with Gasteiger partial charge in [-0.25, -0.2) is 0 Å². The molecule has 2 aliphatic rings. The van der Waals surface area contributed by atoms with E-state index in [-0.39, 0.29) is 6.42 Å². The molecule has 0 atom stereocenters. The first-order valence-corrected chi connectivity index (χ1v) is 11.6. The van der Waals surface area contributed by atoms with Crippen molar-refractivity contribution in [2.24, 2.45) is 17.8 Å². The molecule has 29 heavy (non-hydrogen) atoms. The van der Waals surface area contributed by atoms with Gasteiger partial charge in [-0.15, -0.1) is 0 Å². The average molecular weight is 413 g/mol. The molecule has 4 heteroatoms. The van der Waals surface area contributed by atoms with Crippen molar-refractivity contribution in [1.82, 2.24) is 0 Å². The van der Waals surface area contributed by atoms with Crippen molar-refractivity contribution >= 4 is 0 Å². The lowest BCUT2D eigenvalue weighted by Crippen LogP contribution is -2.37. The van der Waals surface area contributed by atoms with E-state index >= 15 is 0 Å². The van der Waals surface area contributed by atoms with E-state index in [1.54, 1.807) is 12.1 Å². The summed E-state index contributed by atoms with van der Waals surface area (Å²) in [7, 11) is 0. The molecular formula is C25H36F4. The summed E-state index contributed by atoms with van der Waals surface area (Å²) in [6, 6.07) is 5.75. The van der Waals surface area contributed by atoms with Gasteiger partial charge in [0.25, 0.3) is 0 Å². The van der Waals surface area contributed by atoms with Crippen LogP contribution in [0.4, 0.5) is 17.6 Å². The van der Waals surface area contributed by atoms with Gasteiger partial charge in [0.05, 0.1) is 0 Å². The molecule has 2 aliphatic carbocycles. The predicted molar refractivity (Wildman–Crippen MR) is 111 cm³/mol. The van der Waals surface area contributed by atoms with Gasteiger partial charge in [0, 0.05) is 12.0 Å². The van der Waals surface area contributed by atoms with E-state index in [2.05, 4.69) is 6.92 Å². The van der Waals surface area contributed by atoms with Crippen LogP contribution in [-0.4, -0.2) is 5.92 Å². The lowest BCUT2D eigenvalue weighted by molar-refractivity contribution is -0.219. The summed E-state index contributed by atoms with van der Waals surface area (Å²) in [4.78, 5) is 0. The maximum Gasteiger partial charge on any atom is 0.335 e. The summed E-state index contributed by atoms with van der Waals surface area (Å²) in [5.74, 6) is -5.16. The van der Waals surface area contributed by atoms with E-state index in [0.29, 0.717) is 5.92 Å². The largest absolute Gasteiger partial charge is 0.335 e.